The summed E-state index contributed by atoms with van der Waals surface area (Å²) in [6.45, 7) is 0. The minimum absolute atomic E-state index is 0.127. The molecule has 0 bridgehead atoms. The first-order valence-electron chi connectivity index (χ1n) is 8.46. The van der Waals surface area contributed by atoms with Gasteiger partial charge in [0.15, 0.2) is 0 Å². The molecule has 0 heterocycles. The van der Waals surface area contributed by atoms with E-state index in [4.69, 9.17) is 11.6 Å². The number of alkyl halides is 3. The van der Waals surface area contributed by atoms with Gasteiger partial charge >= 0.3 is 6.18 Å². The second-order valence-corrected chi connectivity index (χ2v) is 7.15. The SMILES string of the molecule is FC(F)(F)c1c(Cl)ccc2cc3cc4cc5ccccc5cc4cc3cc12. The maximum atomic E-state index is 13.5. The van der Waals surface area contributed by atoms with Crippen molar-refractivity contribution in [2.75, 3.05) is 0 Å². The highest BCUT2D eigenvalue weighted by Crippen LogP contribution is 2.41. The van der Waals surface area contributed by atoms with Crippen molar-refractivity contribution < 1.29 is 13.2 Å². The van der Waals surface area contributed by atoms with Crippen LogP contribution >= 0.6 is 11.6 Å². The fourth-order valence-corrected chi connectivity index (χ4v) is 4.05. The Hall–Kier alpha value is -2.78. The van der Waals surface area contributed by atoms with Crippen LogP contribution in [-0.2, 0) is 6.18 Å². The third-order valence-corrected chi connectivity index (χ3v) is 5.34. The summed E-state index contributed by atoms with van der Waals surface area (Å²) in [6, 6.07) is 22.5. The number of rotatable bonds is 0. The van der Waals surface area contributed by atoms with Crippen LogP contribution in [0.25, 0.3) is 43.1 Å². The average Bonchev–Trinajstić information content (AvgIpc) is 2.62. The Kier molecular flexibility index (Phi) is 3.40. The number of benzene rings is 5. The van der Waals surface area contributed by atoms with Crippen LogP contribution in [0.1, 0.15) is 5.56 Å². The normalized spacial score (nSPS) is 12.4. The van der Waals surface area contributed by atoms with Gasteiger partial charge in [0.25, 0.3) is 0 Å². The van der Waals surface area contributed by atoms with Crippen LogP contribution in [0.2, 0.25) is 5.02 Å². The van der Waals surface area contributed by atoms with E-state index in [-0.39, 0.29) is 10.4 Å². The highest BCUT2D eigenvalue weighted by atomic mass is 35.5. The molecule has 0 spiro atoms. The molecule has 0 aliphatic rings. The summed E-state index contributed by atoms with van der Waals surface area (Å²) >= 11 is 5.88. The van der Waals surface area contributed by atoms with Crippen molar-refractivity contribution in [3.05, 3.63) is 83.4 Å². The number of halogens is 4. The minimum atomic E-state index is -4.50. The molecule has 0 saturated carbocycles. The largest absolute Gasteiger partial charge is 0.418 e. The lowest BCUT2D eigenvalue weighted by Crippen LogP contribution is -2.06. The van der Waals surface area contributed by atoms with Crippen LogP contribution < -0.4 is 0 Å². The molecule has 0 aromatic heterocycles. The lowest BCUT2D eigenvalue weighted by molar-refractivity contribution is -0.136. The van der Waals surface area contributed by atoms with Gasteiger partial charge in [-0.2, -0.15) is 13.2 Å². The predicted octanol–water partition coefficient (Wildman–Crippen LogP) is 7.97. The van der Waals surface area contributed by atoms with E-state index in [9.17, 15) is 13.2 Å². The third kappa shape index (κ3) is 2.62. The molecule has 0 radical (unpaired) electrons. The highest BCUT2D eigenvalue weighted by Gasteiger charge is 2.35. The Morgan fingerprint density at radius 3 is 1.59 bits per heavy atom. The molecule has 0 amide bonds. The van der Waals surface area contributed by atoms with Crippen molar-refractivity contribution in [3.8, 4) is 0 Å². The van der Waals surface area contributed by atoms with E-state index in [1.165, 1.54) is 6.07 Å². The molecule has 0 saturated heterocycles. The molecule has 5 rings (SSSR count). The van der Waals surface area contributed by atoms with Gasteiger partial charge in [0.2, 0.25) is 0 Å². The maximum absolute atomic E-state index is 13.5. The summed E-state index contributed by atoms with van der Waals surface area (Å²) in [5.41, 5.74) is -0.776. The molecule has 0 unspecified atom stereocenters. The van der Waals surface area contributed by atoms with Gasteiger partial charge in [-0.05, 0) is 85.6 Å². The van der Waals surface area contributed by atoms with Gasteiger partial charge in [-0.3, -0.25) is 0 Å². The predicted molar refractivity (Wildman–Crippen MR) is 106 cm³/mol. The lowest BCUT2D eigenvalue weighted by atomic mass is 9.96. The first-order valence-corrected chi connectivity index (χ1v) is 8.84. The first-order chi connectivity index (χ1) is 12.9. The van der Waals surface area contributed by atoms with E-state index in [1.807, 2.05) is 30.3 Å². The second kappa shape index (κ2) is 5.61. The number of fused-ring (bicyclic) bond motifs is 4. The Morgan fingerprint density at radius 2 is 1.04 bits per heavy atom. The number of hydrogen-bond donors (Lipinski definition) is 0. The molecular weight excluding hydrogens is 369 g/mol. The zero-order valence-corrected chi connectivity index (χ0v) is 14.7. The summed E-state index contributed by atoms with van der Waals surface area (Å²) in [7, 11) is 0. The van der Waals surface area contributed by atoms with Crippen LogP contribution in [0.5, 0.6) is 0 Å². The summed E-state index contributed by atoms with van der Waals surface area (Å²) in [5.74, 6) is 0. The van der Waals surface area contributed by atoms with E-state index in [1.54, 1.807) is 18.2 Å². The molecule has 0 aliphatic heterocycles. The van der Waals surface area contributed by atoms with Crippen LogP contribution in [0, 0.1) is 0 Å². The van der Waals surface area contributed by atoms with Crippen molar-refractivity contribution in [1.29, 1.82) is 0 Å². The van der Waals surface area contributed by atoms with Gasteiger partial charge in [-0.1, -0.05) is 41.9 Å². The Bertz CT molecular complexity index is 1370. The van der Waals surface area contributed by atoms with Gasteiger partial charge in [0.05, 0.1) is 10.6 Å². The molecule has 132 valence electrons. The van der Waals surface area contributed by atoms with Crippen LogP contribution in [0.15, 0.2) is 72.8 Å². The maximum Gasteiger partial charge on any atom is 0.418 e. The monoisotopic (exact) mass is 380 g/mol. The van der Waals surface area contributed by atoms with Crippen molar-refractivity contribution in [3.63, 3.8) is 0 Å². The van der Waals surface area contributed by atoms with E-state index >= 15 is 0 Å². The van der Waals surface area contributed by atoms with Gasteiger partial charge in [-0.25, -0.2) is 0 Å². The first kappa shape index (κ1) is 16.4. The smallest absolute Gasteiger partial charge is 0.166 e. The zero-order chi connectivity index (χ0) is 18.8. The third-order valence-electron chi connectivity index (χ3n) is 5.03. The van der Waals surface area contributed by atoms with Crippen LogP contribution in [0.4, 0.5) is 13.2 Å². The lowest BCUT2D eigenvalue weighted by Gasteiger charge is -2.14. The van der Waals surface area contributed by atoms with E-state index < -0.39 is 11.7 Å². The summed E-state index contributed by atoms with van der Waals surface area (Å²) in [5, 5.41) is 6.34. The molecule has 5 aromatic rings. The van der Waals surface area contributed by atoms with Crippen molar-refractivity contribution in [1.82, 2.24) is 0 Å². The van der Waals surface area contributed by atoms with E-state index in [2.05, 4.69) is 18.2 Å². The van der Waals surface area contributed by atoms with Crippen LogP contribution in [0.3, 0.4) is 0 Å². The minimum Gasteiger partial charge on any atom is -0.166 e. The van der Waals surface area contributed by atoms with E-state index in [0.29, 0.717) is 5.39 Å². The molecule has 0 fully saturated rings. The molecule has 5 aromatic carbocycles. The average molecular weight is 381 g/mol. The summed E-state index contributed by atoms with van der Waals surface area (Å²) < 4.78 is 40.6. The quantitative estimate of drug-likeness (QED) is 0.239. The molecule has 0 N–H and O–H groups in total. The van der Waals surface area contributed by atoms with Crippen LogP contribution in [-0.4, -0.2) is 0 Å². The standard InChI is InChI=1S/C23H12ClF3/c24-21-6-5-15-9-18-10-16-7-13-3-1-2-4-14(13)8-17(16)11-19(18)12-20(15)22(21)23(25,26)27/h1-12H. The number of hydrogen-bond acceptors (Lipinski definition) is 0. The Morgan fingerprint density at radius 1 is 0.556 bits per heavy atom. The Labute approximate surface area is 157 Å². The van der Waals surface area contributed by atoms with Gasteiger partial charge in [0.1, 0.15) is 0 Å². The molecule has 27 heavy (non-hydrogen) atoms. The summed E-state index contributed by atoms with van der Waals surface area (Å²) in [6.07, 6.45) is -4.50. The fraction of sp³-hybridized carbons (Fsp3) is 0.0435. The Balaban J connectivity index is 1.89. The topological polar surface area (TPSA) is 0 Å². The summed E-state index contributed by atoms with van der Waals surface area (Å²) in [4.78, 5) is 0. The van der Waals surface area contributed by atoms with Crippen molar-refractivity contribution in [2.45, 2.75) is 6.18 Å². The molecule has 0 aliphatic carbocycles. The zero-order valence-electron chi connectivity index (χ0n) is 13.9. The molecular formula is C23H12ClF3. The second-order valence-electron chi connectivity index (χ2n) is 6.74. The van der Waals surface area contributed by atoms with Crippen molar-refractivity contribution in [2.24, 2.45) is 0 Å². The van der Waals surface area contributed by atoms with E-state index in [0.717, 1.165) is 32.3 Å². The fourth-order valence-electron chi connectivity index (χ4n) is 3.78. The van der Waals surface area contributed by atoms with Gasteiger partial charge in [0, 0.05) is 0 Å². The highest BCUT2D eigenvalue weighted by molar-refractivity contribution is 6.32. The van der Waals surface area contributed by atoms with Gasteiger partial charge < -0.3 is 0 Å². The molecule has 4 heteroatoms. The molecule has 0 nitrogen and oxygen atoms in total. The van der Waals surface area contributed by atoms with Gasteiger partial charge in [-0.15, -0.1) is 0 Å². The van der Waals surface area contributed by atoms with Crippen molar-refractivity contribution >= 4 is 54.7 Å². The molecule has 0 atom stereocenters.